The Kier molecular flexibility index (Phi) is 9.43. The summed E-state index contributed by atoms with van der Waals surface area (Å²) in [4.78, 5) is 31.6. The van der Waals surface area contributed by atoms with E-state index in [9.17, 15) is 27.9 Å². The lowest BCUT2D eigenvalue weighted by atomic mass is 9.59. The van der Waals surface area contributed by atoms with Gasteiger partial charge >= 0.3 is 6.18 Å². The molecule has 2 heterocycles. The van der Waals surface area contributed by atoms with Crippen LogP contribution < -0.4 is 5.32 Å². The second kappa shape index (κ2) is 12.5. The van der Waals surface area contributed by atoms with Gasteiger partial charge in [-0.1, -0.05) is 18.6 Å². The number of Topliss-reactive ketones (excluding diaryl/α,β-unsaturated/α-hetero) is 1. The van der Waals surface area contributed by atoms with Gasteiger partial charge in [-0.15, -0.1) is 0 Å². The maximum Gasteiger partial charge on any atom is 0.408 e. The third-order valence-corrected chi connectivity index (χ3v) is 8.73. The minimum atomic E-state index is -4.58. The number of aromatic hydroxyl groups is 1. The van der Waals surface area contributed by atoms with E-state index in [0.29, 0.717) is 24.0 Å². The number of piperidine rings is 1. The average molecular weight is 578 g/mol. The monoisotopic (exact) mass is 577 g/mol. The van der Waals surface area contributed by atoms with Crippen molar-refractivity contribution in [3.63, 3.8) is 0 Å². The van der Waals surface area contributed by atoms with Crippen LogP contribution in [0, 0.1) is 24.1 Å². The zero-order chi connectivity index (χ0) is 29.9. The molecule has 10 heteroatoms. The number of likely N-dealkylation sites (tertiary alicyclic amines) is 1. The number of ketones is 1. The van der Waals surface area contributed by atoms with Gasteiger partial charge in [0.2, 0.25) is 5.91 Å². The van der Waals surface area contributed by atoms with Gasteiger partial charge in [0.1, 0.15) is 17.6 Å². The number of halogens is 4. The molecular formula is C31H39F4N3O3. The number of nitrogens with zero attached hydrogens (tertiary/aromatic N) is 2. The third kappa shape index (κ3) is 6.43. The van der Waals surface area contributed by atoms with Crippen molar-refractivity contribution in [3.8, 4) is 5.75 Å². The fourth-order valence-electron chi connectivity index (χ4n) is 6.69. The molecule has 4 atom stereocenters. The molecule has 0 radical (unpaired) electrons. The lowest BCUT2D eigenvalue weighted by molar-refractivity contribution is -0.189. The first kappa shape index (κ1) is 31.0. The van der Waals surface area contributed by atoms with Gasteiger partial charge in [0, 0.05) is 37.0 Å². The van der Waals surface area contributed by atoms with Crippen LogP contribution in [0.25, 0.3) is 0 Å². The molecule has 4 rings (SSSR count). The molecule has 2 fully saturated rings. The van der Waals surface area contributed by atoms with E-state index < -0.39 is 41.2 Å². The Morgan fingerprint density at radius 3 is 2.49 bits per heavy atom. The Labute approximate surface area is 238 Å². The van der Waals surface area contributed by atoms with Gasteiger partial charge in [0.25, 0.3) is 0 Å². The fourth-order valence-corrected chi connectivity index (χ4v) is 6.69. The number of rotatable bonds is 9. The Balaban J connectivity index is 1.87. The fraction of sp³-hybridized carbons (Fsp3) is 0.548. The minimum absolute atomic E-state index is 0.0153. The van der Waals surface area contributed by atoms with Crippen LogP contribution in [0.3, 0.4) is 0 Å². The smallest absolute Gasteiger partial charge is 0.408 e. The predicted octanol–water partition coefficient (Wildman–Crippen LogP) is 5.30. The van der Waals surface area contributed by atoms with Crippen LogP contribution >= 0.6 is 0 Å². The van der Waals surface area contributed by atoms with Crippen molar-refractivity contribution in [2.24, 2.45) is 11.3 Å². The number of alkyl halides is 3. The first-order chi connectivity index (χ1) is 19.4. The van der Waals surface area contributed by atoms with Crippen LogP contribution in [0.15, 0.2) is 42.5 Å². The summed E-state index contributed by atoms with van der Waals surface area (Å²) in [5.74, 6) is -3.17. The zero-order valence-electron chi connectivity index (χ0n) is 23.8. The normalized spacial score (nSPS) is 25.1. The van der Waals surface area contributed by atoms with Crippen molar-refractivity contribution in [2.75, 3.05) is 40.3 Å². The molecule has 0 bridgehead atoms. The van der Waals surface area contributed by atoms with E-state index in [1.165, 1.54) is 36.4 Å². The number of phenolic OH excluding ortho intramolecular Hbond substituents is 1. The van der Waals surface area contributed by atoms with Gasteiger partial charge in [0.15, 0.2) is 5.78 Å². The van der Waals surface area contributed by atoms with Crippen molar-refractivity contribution in [1.29, 1.82) is 0 Å². The minimum Gasteiger partial charge on any atom is -0.508 e. The first-order valence-corrected chi connectivity index (χ1v) is 14.2. The van der Waals surface area contributed by atoms with Crippen LogP contribution in [0.2, 0.25) is 0 Å². The number of carbonyl (C=O) groups excluding carboxylic acids is 2. The highest BCUT2D eigenvalue weighted by molar-refractivity contribution is 6.00. The molecule has 0 aliphatic carbocycles. The van der Waals surface area contributed by atoms with Gasteiger partial charge in [-0.05, 0) is 94.7 Å². The second-order valence-electron chi connectivity index (χ2n) is 11.7. The highest BCUT2D eigenvalue weighted by Gasteiger charge is 2.58. The number of carbonyl (C=O) groups is 2. The van der Waals surface area contributed by atoms with Crippen molar-refractivity contribution < 1.29 is 32.3 Å². The summed E-state index contributed by atoms with van der Waals surface area (Å²) in [5, 5.41) is 13.0. The van der Waals surface area contributed by atoms with Gasteiger partial charge in [-0.2, -0.15) is 13.2 Å². The number of phenols is 1. The highest BCUT2D eigenvalue weighted by atomic mass is 19.4. The van der Waals surface area contributed by atoms with Crippen LogP contribution in [0.1, 0.15) is 59.5 Å². The van der Waals surface area contributed by atoms with E-state index in [4.69, 9.17) is 0 Å². The van der Waals surface area contributed by atoms with Crippen LogP contribution in [-0.2, 0) is 4.79 Å². The zero-order valence-corrected chi connectivity index (χ0v) is 23.8. The molecule has 1 amide bonds. The van der Waals surface area contributed by atoms with E-state index in [1.807, 2.05) is 19.0 Å². The first-order valence-electron chi connectivity index (χ1n) is 14.2. The molecule has 2 saturated heterocycles. The predicted molar refractivity (Wildman–Crippen MR) is 148 cm³/mol. The molecule has 2 aromatic carbocycles. The van der Waals surface area contributed by atoms with Crippen molar-refractivity contribution >= 4 is 11.7 Å². The molecule has 224 valence electrons. The summed E-state index contributed by atoms with van der Waals surface area (Å²) in [6, 6.07) is 8.39. The lowest BCUT2D eigenvalue weighted by Gasteiger charge is -2.50. The number of nitrogens with one attached hydrogen (secondary N) is 1. The summed E-state index contributed by atoms with van der Waals surface area (Å²) in [6.07, 6.45) is -3.02. The van der Waals surface area contributed by atoms with Crippen molar-refractivity contribution in [3.05, 3.63) is 65.0 Å². The maximum atomic E-state index is 15.0. The standard InChI is InChI=1S/C31H39F4N3O3/c1-20-23(8-6-9-25(20)32)27-24(28(40)21-11-13-22(39)14-12-21)18-36-19-30(27,15-4-5-16-37(2)3)29(41)38-17-7-10-26(38)31(33,34)35/h6,8-9,11-14,24,26-27,36,39H,4-5,7,10,15-19H2,1-3H3/t24-,26-,27-,30+/m0/s1. The van der Waals surface area contributed by atoms with Crippen molar-refractivity contribution in [2.45, 2.75) is 57.2 Å². The molecule has 2 aliphatic rings. The maximum absolute atomic E-state index is 15.0. The van der Waals surface area contributed by atoms with Crippen molar-refractivity contribution in [1.82, 2.24) is 15.1 Å². The molecule has 0 aromatic heterocycles. The summed E-state index contributed by atoms with van der Waals surface area (Å²) in [6.45, 7) is 2.55. The molecule has 41 heavy (non-hydrogen) atoms. The average Bonchev–Trinajstić information content (AvgIpc) is 3.43. The van der Waals surface area contributed by atoms with Gasteiger partial charge in [-0.3, -0.25) is 9.59 Å². The SMILES string of the molecule is Cc1c(F)cccc1[C@H]1[C@@H](C(=O)c2ccc(O)cc2)CNC[C@@]1(CCCCN(C)C)C(=O)N1CCC[C@H]1C(F)(F)F. The molecule has 2 aliphatic heterocycles. The number of amides is 1. The topological polar surface area (TPSA) is 72.9 Å². The largest absolute Gasteiger partial charge is 0.508 e. The van der Waals surface area contributed by atoms with E-state index >= 15 is 4.39 Å². The molecule has 0 unspecified atom stereocenters. The Hall–Kier alpha value is -2.98. The molecule has 0 spiro atoms. The number of hydrogen-bond donors (Lipinski definition) is 2. The molecule has 6 nitrogen and oxygen atoms in total. The second-order valence-corrected chi connectivity index (χ2v) is 11.7. The quantitative estimate of drug-likeness (QED) is 0.241. The van der Waals surface area contributed by atoms with Gasteiger partial charge in [0.05, 0.1) is 5.41 Å². The molecular weight excluding hydrogens is 538 g/mol. The Bertz CT molecular complexity index is 1230. The number of unbranched alkanes of at least 4 members (excludes halogenated alkanes) is 1. The van der Waals surface area contributed by atoms with E-state index in [2.05, 4.69) is 5.32 Å². The van der Waals surface area contributed by atoms with E-state index in [1.54, 1.807) is 13.0 Å². The van der Waals surface area contributed by atoms with Crippen LogP contribution in [0.5, 0.6) is 5.75 Å². The number of benzene rings is 2. The van der Waals surface area contributed by atoms with E-state index in [0.717, 1.165) is 11.4 Å². The lowest BCUT2D eigenvalue weighted by Crippen LogP contribution is -2.61. The third-order valence-electron chi connectivity index (χ3n) is 8.73. The molecule has 0 saturated carbocycles. The highest BCUT2D eigenvalue weighted by Crippen LogP contribution is 2.51. The Morgan fingerprint density at radius 2 is 1.83 bits per heavy atom. The summed E-state index contributed by atoms with van der Waals surface area (Å²) in [7, 11) is 3.85. The van der Waals surface area contributed by atoms with Crippen LogP contribution in [-0.4, -0.2) is 79.1 Å². The van der Waals surface area contributed by atoms with Crippen LogP contribution in [0.4, 0.5) is 17.6 Å². The summed E-state index contributed by atoms with van der Waals surface area (Å²) < 4.78 is 57.4. The molecule has 2 N–H and O–H groups in total. The summed E-state index contributed by atoms with van der Waals surface area (Å²) >= 11 is 0. The van der Waals surface area contributed by atoms with Gasteiger partial charge in [-0.25, -0.2) is 4.39 Å². The Morgan fingerprint density at radius 1 is 1.12 bits per heavy atom. The van der Waals surface area contributed by atoms with E-state index in [-0.39, 0.29) is 56.0 Å². The number of hydrogen-bond acceptors (Lipinski definition) is 5. The molecule has 2 aromatic rings. The van der Waals surface area contributed by atoms with Gasteiger partial charge < -0.3 is 20.2 Å². The summed E-state index contributed by atoms with van der Waals surface area (Å²) in [5.41, 5.74) is -0.359.